The molecule has 1 saturated heterocycles. The van der Waals surface area contributed by atoms with Gasteiger partial charge in [0.25, 0.3) is 0 Å². The molecule has 0 radical (unpaired) electrons. The maximum atomic E-state index is 9.88. The Balaban J connectivity index is 2.11. The monoisotopic (exact) mass is 284 g/mol. The lowest BCUT2D eigenvalue weighted by molar-refractivity contribution is 0.230. The number of halogens is 1. The van der Waals surface area contributed by atoms with Gasteiger partial charge in [-0.3, -0.25) is 4.90 Å². The van der Waals surface area contributed by atoms with Crippen LogP contribution in [0.3, 0.4) is 0 Å². The van der Waals surface area contributed by atoms with Gasteiger partial charge in [0.1, 0.15) is 5.75 Å². The van der Waals surface area contributed by atoms with E-state index in [9.17, 15) is 5.11 Å². The largest absolute Gasteiger partial charge is 0.508 e. The molecule has 2 N–H and O–H groups in total. The van der Waals surface area contributed by atoms with Crippen molar-refractivity contribution in [1.82, 2.24) is 10.2 Å². The topological polar surface area (TPSA) is 35.5 Å². The van der Waals surface area contributed by atoms with Crippen LogP contribution < -0.4 is 5.32 Å². The van der Waals surface area contributed by atoms with Gasteiger partial charge in [-0.1, -0.05) is 15.9 Å². The summed E-state index contributed by atoms with van der Waals surface area (Å²) in [6.07, 6.45) is 0. The van der Waals surface area contributed by atoms with Gasteiger partial charge in [-0.2, -0.15) is 0 Å². The fraction of sp³-hybridized carbons (Fsp3) is 0.500. The first kappa shape index (κ1) is 11.9. The molecular formula is C12H17BrN2O. The second-order valence-electron chi connectivity index (χ2n) is 4.26. The van der Waals surface area contributed by atoms with E-state index in [-0.39, 0.29) is 0 Å². The molecule has 88 valence electrons. The van der Waals surface area contributed by atoms with Crippen molar-refractivity contribution in [2.24, 2.45) is 0 Å². The quantitative estimate of drug-likeness (QED) is 0.870. The lowest BCUT2D eigenvalue weighted by Crippen LogP contribution is -2.42. The van der Waals surface area contributed by atoms with Gasteiger partial charge in [0, 0.05) is 42.8 Å². The molecule has 1 aliphatic rings. The molecule has 4 heteroatoms. The zero-order valence-electron chi connectivity index (χ0n) is 9.46. The maximum Gasteiger partial charge on any atom is 0.120 e. The SMILES string of the molecule is Cc1cc(O)c(CN2CCNCC2)cc1Br. The molecule has 16 heavy (non-hydrogen) atoms. The molecule has 1 aromatic rings. The molecular weight excluding hydrogens is 268 g/mol. The summed E-state index contributed by atoms with van der Waals surface area (Å²) in [6, 6.07) is 3.84. The maximum absolute atomic E-state index is 9.88. The number of aryl methyl sites for hydroxylation is 1. The third kappa shape index (κ3) is 2.75. The van der Waals surface area contributed by atoms with Crippen LogP contribution in [-0.4, -0.2) is 36.2 Å². The summed E-state index contributed by atoms with van der Waals surface area (Å²) in [6.45, 7) is 6.97. The Hall–Kier alpha value is -0.580. The number of rotatable bonds is 2. The smallest absolute Gasteiger partial charge is 0.120 e. The lowest BCUT2D eigenvalue weighted by atomic mass is 10.1. The fourth-order valence-corrected chi connectivity index (χ4v) is 2.34. The molecule has 0 aliphatic carbocycles. The van der Waals surface area contributed by atoms with Crippen LogP contribution in [0.1, 0.15) is 11.1 Å². The van der Waals surface area contributed by atoms with Gasteiger partial charge in [-0.05, 0) is 24.6 Å². The van der Waals surface area contributed by atoms with E-state index in [2.05, 4.69) is 26.1 Å². The lowest BCUT2D eigenvalue weighted by Gasteiger charge is -2.27. The number of benzene rings is 1. The number of phenolic OH excluding ortho intramolecular Hbond substituents is 1. The van der Waals surface area contributed by atoms with Crippen molar-refractivity contribution in [2.75, 3.05) is 26.2 Å². The Morgan fingerprint density at radius 3 is 2.75 bits per heavy atom. The molecule has 1 aromatic carbocycles. The van der Waals surface area contributed by atoms with Crippen LogP contribution in [0.25, 0.3) is 0 Å². The summed E-state index contributed by atoms with van der Waals surface area (Å²) < 4.78 is 1.07. The summed E-state index contributed by atoms with van der Waals surface area (Å²) in [7, 11) is 0. The van der Waals surface area contributed by atoms with Crippen LogP contribution in [0.5, 0.6) is 5.75 Å². The highest BCUT2D eigenvalue weighted by Gasteiger charge is 2.13. The van der Waals surface area contributed by atoms with E-state index in [0.717, 1.165) is 48.3 Å². The first-order valence-electron chi connectivity index (χ1n) is 5.58. The molecule has 0 bridgehead atoms. The standard InChI is InChI=1S/C12H17BrN2O/c1-9-6-12(16)10(7-11(9)13)8-15-4-2-14-3-5-15/h6-7,14,16H,2-5,8H2,1H3. The Morgan fingerprint density at radius 2 is 2.06 bits per heavy atom. The van der Waals surface area contributed by atoms with Crippen molar-refractivity contribution in [3.63, 3.8) is 0 Å². The number of phenols is 1. The van der Waals surface area contributed by atoms with Gasteiger partial charge in [-0.25, -0.2) is 0 Å². The number of nitrogens with one attached hydrogen (secondary N) is 1. The van der Waals surface area contributed by atoms with E-state index in [4.69, 9.17) is 0 Å². The predicted molar refractivity (Wildman–Crippen MR) is 68.7 cm³/mol. The highest BCUT2D eigenvalue weighted by Crippen LogP contribution is 2.27. The van der Waals surface area contributed by atoms with Gasteiger partial charge < -0.3 is 10.4 Å². The zero-order chi connectivity index (χ0) is 11.5. The van der Waals surface area contributed by atoms with Crippen LogP contribution in [-0.2, 0) is 6.54 Å². The Morgan fingerprint density at radius 1 is 1.38 bits per heavy atom. The zero-order valence-corrected chi connectivity index (χ0v) is 11.0. The molecule has 1 aliphatic heterocycles. The van der Waals surface area contributed by atoms with Crippen molar-refractivity contribution < 1.29 is 5.11 Å². The molecule has 0 saturated carbocycles. The second kappa shape index (κ2) is 5.17. The Kier molecular flexibility index (Phi) is 3.84. The first-order valence-corrected chi connectivity index (χ1v) is 6.37. The first-order chi connectivity index (χ1) is 7.66. The summed E-state index contributed by atoms with van der Waals surface area (Å²) in [5.41, 5.74) is 2.07. The van der Waals surface area contributed by atoms with Gasteiger partial charge in [0.15, 0.2) is 0 Å². The molecule has 0 amide bonds. The minimum Gasteiger partial charge on any atom is -0.508 e. The molecule has 1 heterocycles. The highest BCUT2D eigenvalue weighted by molar-refractivity contribution is 9.10. The van der Waals surface area contributed by atoms with Crippen molar-refractivity contribution in [1.29, 1.82) is 0 Å². The summed E-state index contributed by atoms with van der Waals surface area (Å²) in [5.74, 6) is 0.402. The van der Waals surface area contributed by atoms with Crippen LogP contribution in [0.2, 0.25) is 0 Å². The molecule has 1 fully saturated rings. The van der Waals surface area contributed by atoms with Crippen molar-refractivity contribution in [2.45, 2.75) is 13.5 Å². The van der Waals surface area contributed by atoms with Crippen LogP contribution in [0, 0.1) is 6.92 Å². The minimum atomic E-state index is 0.402. The average molecular weight is 285 g/mol. The summed E-state index contributed by atoms with van der Waals surface area (Å²) in [5, 5.41) is 13.2. The second-order valence-corrected chi connectivity index (χ2v) is 5.11. The Bertz CT molecular complexity index is 376. The van der Waals surface area contributed by atoms with E-state index in [1.807, 2.05) is 19.1 Å². The fourth-order valence-electron chi connectivity index (χ4n) is 1.94. The number of piperazine rings is 1. The third-order valence-corrected chi connectivity index (χ3v) is 3.82. The van der Waals surface area contributed by atoms with Gasteiger partial charge in [-0.15, -0.1) is 0 Å². The van der Waals surface area contributed by atoms with E-state index >= 15 is 0 Å². The van der Waals surface area contributed by atoms with Gasteiger partial charge in [0.05, 0.1) is 0 Å². The van der Waals surface area contributed by atoms with E-state index in [1.165, 1.54) is 0 Å². The third-order valence-electron chi connectivity index (χ3n) is 2.96. The van der Waals surface area contributed by atoms with Crippen LogP contribution in [0.15, 0.2) is 16.6 Å². The normalized spacial score (nSPS) is 17.6. The Labute approximate surface area is 105 Å². The predicted octanol–water partition coefficient (Wildman–Crippen LogP) is 1.87. The molecule has 2 rings (SSSR count). The van der Waals surface area contributed by atoms with Crippen molar-refractivity contribution in [3.8, 4) is 5.75 Å². The summed E-state index contributed by atoms with van der Waals surface area (Å²) >= 11 is 3.50. The van der Waals surface area contributed by atoms with Crippen molar-refractivity contribution in [3.05, 3.63) is 27.7 Å². The number of nitrogens with zero attached hydrogens (tertiary/aromatic N) is 1. The van der Waals surface area contributed by atoms with Gasteiger partial charge >= 0.3 is 0 Å². The molecule has 0 atom stereocenters. The average Bonchev–Trinajstić information content (AvgIpc) is 2.27. The highest BCUT2D eigenvalue weighted by atomic mass is 79.9. The van der Waals surface area contributed by atoms with Gasteiger partial charge in [0.2, 0.25) is 0 Å². The number of hydrogen-bond acceptors (Lipinski definition) is 3. The number of hydrogen-bond donors (Lipinski definition) is 2. The van der Waals surface area contributed by atoms with E-state index in [0.29, 0.717) is 5.75 Å². The van der Waals surface area contributed by atoms with Crippen LogP contribution >= 0.6 is 15.9 Å². The minimum absolute atomic E-state index is 0.402. The van der Waals surface area contributed by atoms with Crippen LogP contribution in [0.4, 0.5) is 0 Å². The van der Waals surface area contributed by atoms with E-state index < -0.39 is 0 Å². The van der Waals surface area contributed by atoms with E-state index in [1.54, 1.807) is 0 Å². The summed E-state index contributed by atoms with van der Waals surface area (Å²) in [4.78, 5) is 2.35. The van der Waals surface area contributed by atoms with Crippen molar-refractivity contribution >= 4 is 15.9 Å². The molecule has 0 aromatic heterocycles. The molecule has 0 spiro atoms. The molecule has 3 nitrogen and oxygen atoms in total. The number of aromatic hydroxyl groups is 1. The molecule has 0 unspecified atom stereocenters.